The molecule has 2 aliphatic heterocycles. The molecule has 0 aromatic carbocycles. The summed E-state index contributed by atoms with van der Waals surface area (Å²) in [5.41, 5.74) is 0. The minimum Gasteiger partial charge on any atom is -0.333 e. The third-order valence-corrected chi connectivity index (χ3v) is 4.65. The van der Waals surface area contributed by atoms with Crippen LogP contribution in [0.1, 0.15) is 50.8 Å². The molecule has 1 atom stereocenters. The summed E-state index contributed by atoms with van der Waals surface area (Å²) in [6, 6.07) is -0.160. The highest BCUT2D eigenvalue weighted by molar-refractivity contribution is 5.81. The van der Waals surface area contributed by atoms with Crippen molar-refractivity contribution in [2.24, 2.45) is 5.92 Å². The fraction of sp³-hybridized carbons (Fsp3) is 0.800. The van der Waals surface area contributed by atoms with Crippen molar-refractivity contribution in [3.05, 3.63) is 11.6 Å². The molecule has 0 radical (unpaired) electrons. The molecule has 1 amide bonds. The maximum absolute atomic E-state index is 12.5. The molecule has 0 spiro atoms. The molecule has 3 heterocycles. The predicted octanol–water partition coefficient (Wildman–Crippen LogP) is 1.13. The lowest BCUT2D eigenvalue weighted by Gasteiger charge is -2.32. The van der Waals surface area contributed by atoms with Gasteiger partial charge in [-0.1, -0.05) is 6.92 Å². The number of carbonyl (C=O) groups excluding carboxylic acids is 1. The fourth-order valence-electron chi connectivity index (χ4n) is 3.48. The number of amides is 1. The molecule has 21 heavy (non-hydrogen) atoms. The van der Waals surface area contributed by atoms with E-state index in [-0.39, 0.29) is 11.9 Å². The van der Waals surface area contributed by atoms with E-state index in [1.54, 1.807) is 0 Å². The fourth-order valence-corrected chi connectivity index (χ4v) is 3.48. The first-order valence-electron chi connectivity index (χ1n) is 8.12. The lowest BCUT2D eigenvalue weighted by molar-refractivity contribution is -0.137. The third kappa shape index (κ3) is 2.81. The standard InChI is InChI=1S/C15H25N5O/c1-3-8-19-10-14-18-17-13(20(14)11(2)15(19)21)9-12-4-6-16-7-5-12/h11-12,16H,3-10H2,1-2H3/t11-/m1/s1. The van der Waals surface area contributed by atoms with E-state index >= 15 is 0 Å². The first-order valence-corrected chi connectivity index (χ1v) is 8.12. The van der Waals surface area contributed by atoms with Crippen LogP contribution in [0.4, 0.5) is 0 Å². The molecular weight excluding hydrogens is 266 g/mol. The molecule has 1 aromatic heterocycles. The van der Waals surface area contributed by atoms with E-state index in [4.69, 9.17) is 0 Å². The SMILES string of the molecule is CCCN1Cc2nnc(CC3CCNCC3)n2[C@H](C)C1=O. The van der Waals surface area contributed by atoms with E-state index in [0.717, 1.165) is 44.1 Å². The van der Waals surface area contributed by atoms with Gasteiger partial charge in [-0.2, -0.15) is 0 Å². The summed E-state index contributed by atoms with van der Waals surface area (Å²) < 4.78 is 2.08. The summed E-state index contributed by atoms with van der Waals surface area (Å²) in [5.74, 6) is 2.81. The Morgan fingerprint density at radius 3 is 2.76 bits per heavy atom. The number of nitrogens with zero attached hydrogens (tertiary/aromatic N) is 4. The Balaban J connectivity index is 1.78. The minimum atomic E-state index is -0.160. The molecule has 0 saturated carbocycles. The van der Waals surface area contributed by atoms with Crippen LogP contribution in [-0.4, -0.2) is 45.2 Å². The molecular formula is C15H25N5O. The normalized spacial score (nSPS) is 23.4. The first kappa shape index (κ1) is 14.5. The van der Waals surface area contributed by atoms with Gasteiger partial charge >= 0.3 is 0 Å². The van der Waals surface area contributed by atoms with Gasteiger partial charge in [0.25, 0.3) is 0 Å². The van der Waals surface area contributed by atoms with Crippen LogP contribution in [0.15, 0.2) is 0 Å². The van der Waals surface area contributed by atoms with Crippen molar-refractivity contribution >= 4 is 5.91 Å². The second-order valence-electron chi connectivity index (χ2n) is 6.24. The van der Waals surface area contributed by atoms with Crippen LogP contribution in [0.5, 0.6) is 0 Å². The second kappa shape index (κ2) is 6.13. The summed E-state index contributed by atoms with van der Waals surface area (Å²) in [4.78, 5) is 14.4. The van der Waals surface area contributed by atoms with Crippen LogP contribution in [-0.2, 0) is 17.8 Å². The van der Waals surface area contributed by atoms with Crippen molar-refractivity contribution in [3.63, 3.8) is 0 Å². The Morgan fingerprint density at radius 2 is 2.05 bits per heavy atom. The molecule has 6 nitrogen and oxygen atoms in total. The average Bonchev–Trinajstić information content (AvgIpc) is 2.89. The summed E-state index contributed by atoms with van der Waals surface area (Å²) in [5, 5.41) is 12.1. The molecule has 116 valence electrons. The number of piperidine rings is 1. The van der Waals surface area contributed by atoms with E-state index in [1.165, 1.54) is 12.8 Å². The molecule has 0 unspecified atom stereocenters. The smallest absolute Gasteiger partial charge is 0.245 e. The Hall–Kier alpha value is -1.43. The predicted molar refractivity (Wildman–Crippen MR) is 79.7 cm³/mol. The number of aromatic nitrogens is 3. The van der Waals surface area contributed by atoms with Crippen molar-refractivity contribution in [1.82, 2.24) is 25.0 Å². The van der Waals surface area contributed by atoms with Crippen LogP contribution >= 0.6 is 0 Å². The number of rotatable bonds is 4. The Kier molecular flexibility index (Phi) is 4.24. The Morgan fingerprint density at radius 1 is 1.29 bits per heavy atom. The molecule has 3 rings (SSSR count). The molecule has 1 N–H and O–H groups in total. The number of carbonyl (C=O) groups is 1. The third-order valence-electron chi connectivity index (χ3n) is 4.65. The minimum absolute atomic E-state index is 0.160. The lowest BCUT2D eigenvalue weighted by Crippen LogP contribution is -2.42. The van der Waals surface area contributed by atoms with Crippen LogP contribution in [0, 0.1) is 5.92 Å². The molecule has 1 aromatic rings. The summed E-state index contributed by atoms with van der Waals surface area (Å²) in [6.45, 7) is 7.66. The van der Waals surface area contributed by atoms with Crippen molar-refractivity contribution < 1.29 is 4.79 Å². The van der Waals surface area contributed by atoms with Gasteiger partial charge in [0.1, 0.15) is 11.9 Å². The van der Waals surface area contributed by atoms with Crippen molar-refractivity contribution in [2.45, 2.75) is 52.1 Å². The van der Waals surface area contributed by atoms with Gasteiger partial charge in [0.2, 0.25) is 5.91 Å². The zero-order valence-corrected chi connectivity index (χ0v) is 13.0. The van der Waals surface area contributed by atoms with Gasteiger partial charge in [-0.3, -0.25) is 4.79 Å². The van der Waals surface area contributed by atoms with Crippen LogP contribution in [0.25, 0.3) is 0 Å². The van der Waals surface area contributed by atoms with Gasteiger partial charge in [0.15, 0.2) is 5.82 Å². The first-order chi connectivity index (χ1) is 10.2. The van der Waals surface area contributed by atoms with E-state index in [2.05, 4.69) is 27.0 Å². The van der Waals surface area contributed by atoms with E-state index < -0.39 is 0 Å². The van der Waals surface area contributed by atoms with Crippen LogP contribution in [0.2, 0.25) is 0 Å². The van der Waals surface area contributed by atoms with Gasteiger partial charge in [-0.05, 0) is 45.2 Å². The number of hydrogen-bond acceptors (Lipinski definition) is 4. The zero-order valence-electron chi connectivity index (χ0n) is 13.0. The Bertz CT molecular complexity index is 506. The molecule has 6 heteroatoms. The van der Waals surface area contributed by atoms with Gasteiger partial charge in [-0.15, -0.1) is 10.2 Å². The molecule has 1 saturated heterocycles. The van der Waals surface area contributed by atoms with Crippen molar-refractivity contribution in [1.29, 1.82) is 0 Å². The zero-order chi connectivity index (χ0) is 14.8. The summed E-state index contributed by atoms with van der Waals surface area (Å²) >= 11 is 0. The number of hydrogen-bond donors (Lipinski definition) is 1. The lowest BCUT2D eigenvalue weighted by atomic mass is 9.94. The van der Waals surface area contributed by atoms with Gasteiger partial charge in [0.05, 0.1) is 6.54 Å². The maximum atomic E-state index is 12.5. The van der Waals surface area contributed by atoms with Gasteiger partial charge in [0, 0.05) is 13.0 Å². The highest BCUT2D eigenvalue weighted by Gasteiger charge is 2.33. The largest absolute Gasteiger partial charge is 0.333 e. The van der Waals surface area contributed by atoms with E-state index in [0.29, 0.717) is 12.5 Å². The molecule has 0 bridgehead atoms. The number of fused-ring (bicyclic) bond motifs is 1. The van der Waals surface area contributed by atoms with Crippen LogP contribution < -0.4 is 5.32 Å². The van der Waals surface area contributed by atoms with Gasteiger partial charge in [-0.25, -0.2) is 0 Å². The second-order valence-corrected chi connectivity index (χ2v) is 6.24. The topological polar surface area (TPSA) is 63.1 Å². The van der Waals surface area contributed by atoms with Gasteiger partial charge < -0.3 is 14.8 Å². The number of nitrogens with one attached hydrogen (secondary N) is 1. The van der Waals surface area contributed by atoms with Crippen molar-refractivity contribution in [3.8, 4) is 0 Å². The highest BCUT2D eigenvalue weighted by atomic mass is 16.2. The van der Waals surface area contributed by atoms with Crippen molar-refractivity contribution in [2.75, 3.05) is 19.6 Å². The maximum Gasteiger partial charge on any atom is 0.245 e. The molecule has 0 aliphatic carbocycles. The quantitative estimate of drug-likeness (QED) is 0.903. The average molecular weight is 291 g/mol. The highest BCUT2D eigenvalue weighted by Crippen LogP contribution is 2.25. The molecule has 1 fully saturated rings. The summed E-state index contributed by atoms with van der Waals surface area (Å²) in [6.07, 6.45) is 4.30. The monoisotopic (exact) mass is 291 g/mol. The Labute approximate surface area is 125 Å². The van der Waals surface area contributed by atoms with Crippen LogP contribution in [0.3, 0.4) is 0 Å². The van der Waals surface area contributed by atoms with E-state index in [9.17, 15) is 4.79 Å². The van der Waals surface area contributed by atoms with E-state index in [1.807, 2.05) is 11.8 Å². The summed E-state index contributed by atoms with van der Waals surface area (Å²) in [7, 11) is 0. The molecule has 2 aliphatic rings.